The van der Waals surface area contributed by atoms with E-state index in [0.717, 1.165) is 35.1 Å². The van der Waals surface area contributed by atoms with Crippen LogP contribution >= 0.6 is 11.6 Å². The number of fused-ring (bicyclic) bond motifs is 3. The van der Waals surface area contributed by atoms with E-state index >= 15 is 0 Å². The summed E-state index contributed by atoms with van der Waals surface area (Å²) in [6.45, 7) is 1.31. The van der Waals surface area contributed by atoms with Gasteiger partial charge >= 0.3 is 0 Å². The van der Waals surface area contributed by atoms with Crippen LogP contribution in [-0.4, -0.2) is 30.9 Å². The molecule has 1 aliphatic rings. The molecule has 0 amide bonds. The summed E-state index contributed by atoms with van der Waals surface area (Å²) in [5, 5.41) is 4.95. The minimum atomic E-state index is 0.594. The number of benzene rings is 2. The van der Waals surface area contributed by atoms with Gasteiger partial charge in [0.2, 0.25) is 0 Å². The van der Waals surface area contributed by atoms with Gasteiger partial charge in [-0.3, -0.25) is 0 Å². The van der Waals surface area contributed by atoms with Crippen LogP contribution in [0.5, 0.6) is 5.75 Å². The Morgan fingerprint density at radius 3 is 2.77 bits per heavy atom. The monoisotopic (exact) mass is 363 g/mol. The normalized spacial score (nSPS) is 12.8. The van der Waals surface area contributed by atoms with Gasteiger partial charge in [-0.1, -0.05) is 35.9 Å². The molecule has 128 valence electrons. The van der Waals surface area contributed by atoms with Gasteiger partial charge in [0, 0.05) is 6.20 Å². The Kier molecular flexibility index (Phi) is 3.50. The molecule has 26 heavy (non-hydrogen) atoms. The summed E-state index contributed by atoms with van der Waals surface area (Å²) >= 11 is 6.33. The Labute approximate surface area is 154 Å². The molecule has 0 N–H and O–H groups in total. The SMILES string of the molecule is Clc1ccccc1-n1ncnc1-c1cn2c(n1)-c1ccccc1OCC2. The zero-order chi connectivity index (χ0) is 17.5. The third-order valence-electron chi connectivity index (χ3n) is 4.35. The van der Waals surface area contributed by atoms with Crippen LogP contribution in [0.4, 0.5) is 0 Å². The van der Waals surface area contributed by atoms with Crippen molar-refractivity contribution in [3.8, 4) is 34.3 Å². The van der Waals surface area contributed by atoms with Crippen molar-refractivity contribution in [1.82, 2.24) is 24.3 Å². The van der Waals surface area contributed by atoms with Crippen LogP contribution in [0, 0.1) is 0 Å². The minimum absolute atomic E-state index is 0.594. The predicted molar refractivity (Wildman–Crippen MR) is 98.5 cm³/mol. The highest BCUT2D eigenvalue weighted by atomic mass is 35.5. The molecular weight excluding hydrogens is 350 g/mol. The number of hydrogen-bond acceptors (Lipinski definition) is 4. The fourth-order valence-electron chi connectivity index (χ4n) is 3.16. The summed E-state index contributed by atoms with van der Waals surface area (Å²) in [5.41, 5.74) is 2.49. The van der Waals surface area contributed by atoms with Crippen molar-refractivity contribution in [2.45, 2.75) is 6.54 Å². The molecule has 0 bridgehead atoms. The van der Waals surface area contributed by atoms with Crippen LogP contribution in [0.3, 0.4) is 0 Å². The highest BCUT2D eigenvalue weighted by Gasteiger charge is 2.21. The van der Waals surface area contributed by atoms with Crippen LogP contribution in [0.1, 0.15) is 0 Å². The first kappa shape index (κ1) is 15.2. The van der Waals surface area contributed by atoms with Crippen molar-refractivity contribution in [3.05, 3.63) is 66.1 Å². The van der Waals surface area contributed by atoms with E-state index in [-0.39, 0.29) is 0 Å². The van der Waals surface area contributed by atoms with E-state index in [1.807, 2.05) is 54.7 Å². The molecule has 3 heterocycles. The summed E-state index contributed by atoms with van der Waals surface area (Å²) in [6, 6.07) is 15.5. The maximum absolute atomic E-state index is 6.33. The summed E-state index contributed by atoms with van der Waals surface area (Å²) in [6.07, 6.45) is 3.50. The zero-order valence-electron chi connectivity index (χ0n) is 13.7. The molecule has 2 aromatic heterocycles. The van der Waals surface area contributed by atoms with Gasteiger partial charge in [-0.05, 0) is 24.3 Å². The Bertz CT molecular complexity index is 1100. The average molecular weight is 364 g/mol. The second kappa shape index (κ2) is 6.00. The van der Waals surface area contributed by atoms with Crippen LogP contribution in [0.2, 0.25) is 5.02 Å². The van der Waals surface area contributed by atoms with Crippen LogP contribution in [-0.2, 0) is 6.54 Å². The van der Waals surface area contributed by atoms with E-state index < -0.39 is 0 Å². The summed E-state index contributed by atoms with van der Waals surface area (Å²) < 4.78 is 9.62. The number of aromatic nitrogens is 5. The topological polar surface area (TPSA) is 57.8 Å². The van der Waals surface area contributed by atoms with Crippen LogP contribution < -0.4 is 4.74 Å². The molecule has 0 atom stereocenters. The molecule has 1 aliphatic heterocycles. The van der Waals surface area contributed by atoms with Gasteiger partial charge in [0.05, 0.1) is 22.8 Å². The lowest BCUT2D eigenvalue weighted by Gasteiger charge is -2.06. The molecule has 7 heteroatoms. The van der Waals surface area contributed by atoms with Gasteiger partial charge in [-0.15, -0.1) is 0 Å². The lowest BCUT2D eigenvalue weighted by Crippen LogP contribution is -2.04. The van der Waals surface area contributed by atoms with Gasteiger partial charge in [0.15, 0.2) is 5.82 Å². The van der Waals surface area contributed by atoms with E-state index in [4.69, 9.17) is 21.3 Å². The van der Waals surface area contributed by atoms with Gasteiger partial charge in [-0.25, -0.2) is 14.6 Å². The van der Waals surface area contributed by atoms with E-state index in [1.165, 1.54) is 6.33 Å². The molecule has 5 rings (SSSR count). The molecular formula is C19H14ClN5O. The molecule has 0 fully saturated rings. The fourth-order valence-corrected chi connectivity index (χ4v) is 3.37. The van der Waals surface area contributed by atoms with Crippen molar-refractivity contribution < 1.29 is 4.74 Å². The lowest BCUT2D eigenvalue weighted by atomic mass is 10.2. The lowest BCUT2D eigenvalue weighted by molar-refractivity contribution is 0.306. The second-order valence-corrected chi connectivity index (χ2v) is 6.34. The molecule has 0 unspecified atom stereocenters. The number of ether oxygens (including phenoxy) is 1. The van der Waals surface area contributed by atoms with Crippen molar-refractivity contribution in [2.24, 2.45) is 0 Å². The minimum Gasteiger partial charge on any atom is -0.491 e. The summed E-state index contributed by atoms with van der Waals surface area (Å²) in [7, 11) is 0. The molecule has 0 saturated carbocycles. The number of hydrogen-bond donors (Lipinski definition) is 0. The summed E-state index contributed by atoms with van der Waals surface area (Å²) in [5.74, 6) is 2.36. The number of para-hydroxylation sites is 2. The van der Waals surface area contributed by atoms with Gasteiger partial charge in [-0.2, -0.15) is 5.10 Å². The second-order valence-electron chi connectivity index (χ2n) is 5.93. The van der Waals surface area contributed by atoms with Crippen molar-refractivity contribution in [2.75, 3.05) is 6.61 Å². The standard InChI is InChI=1S/C19H14ClN5O/c20-14-6-2-3-7-16(14)25-19(21-12-22-25)15-11-24-9-10-26-17-8-4-1-5-13(17)18(24)23-15/h1-8,11-12H,9-10H2. The fraction of sp³-hybridized carbons (Fsp3) is 0.105. The molecule has 2 aromatic carbocycles. The number of nitrogens with zero attached hydrogens (tertiary/aromatic N) is 5. The highest BCUT2D eigenvalue weighted by molar-refractivity contribution is 6.32. The number of rotatable bonds is 2. The first-order valence-electron chi connectivity index (χ1n) is 8.26. The van der Waals surface area contributed by atoms with Gasteiger partial charge in [0.1, 0.15) is 30.2 Å². The van der Waals surface area contributed by atoms with Crippen LogP contribution in [0.15, 0.2) is 61.1 Å². The Balaban J connectivity index is 1.66. The molecule has 6 nitrogen and oxygen atoms in total. The first-order valence-corrected chi connectivity index (χ1v) is 8.64. The Morgan fingerprint density at radius 2 is 1.85 bits per heavy atom. The maximum atomic E-state index is 6.33. The first-order chi connectivity index (χ1) is 12.8. The van der Waals surface area contributed by atoms with E-state index in [2.05, 4.69) is 14.6 Å². The van der Waals surface area contributed by atoms with Gasteiger partial charge in [0.25, 0.3) is 0 Å². The predicted octanol–water partition coefficient (Wildman–Crippen LogP) is 3.84. The van der Waals surface area contributed by atoms with Crippen molar-refractivity contribution in [1.29, 1.82) is 0 Å². The maximum Gasteiger partial charge on any atom is 0.183 e. The van der Waals surface area contributed by atoms with Crippen molar-refractivity contribution >= 4 is 11.6 Å². The van der Waals surface area contributed by atoms with Crippen molar-refractivity contribution in [3.63, 3.8) is 0 Å². The van der Waals surface area contributed by atoms with Gasteiger partial charge < -0.3 is 9.30 Å². The number of halogens is 1. The smallest absolute Gasteiger partial charge is 0.183 e. The van der Waals surface area contributed by atoms with E-state index in [0.29, 0.717) is 17.5 Å². The molecule has 0 aliphatic carbocycles. The number of imidazole rings is 1. The Morgan fingerprint density at radius 1 is 1.00 bits per heavy atom. The summed E-state index contributed by atoms with van der Waals surface area (Å²) in [4.78, 5) is 9.24. The zero-order valence-corrected chi connectivity index (χ0v) is 14.5. The largest absolute Gasteiger partial charge is 0.491 e. The molecule has 0 spiro atoms. The third-order valence-corrected chi connectivity index (χ3v) is 4.67. The quantitative estimate of drug-likeness (QED) is 0.543. The molecule has 0 saturated heterocycles. The average Bonchev–Trinajstić information content (AvgIpc) is 3.26. The molecule has 4 aromatic rings. The Hall–Kier alpha value is -3.12. The highest BCUT2D eigenvalue weighted by Crippen LogP contribution is 2.33. The van der Waals surface area contributed by atoms with Crippen LogP contribution in [0.25, 0.3) is 28.6 Å². The molecule has 0 radical (unpaired) electrons. The van der Waals surface area contributed by atoms with E-state index in [1.54, 1.807) is 4.68 Å². The van der Waals surface area contributed by atoms with E-state index in [9.17, 15) is 0 Å². The third kappa shape index (κ3) is 2.38.